The summed E-state index contributed by atoms with van der Waals surface area (Å²) in [6.07, 6.45) is 0. The molecule has 0 aliphatic carbocycles. The molecule has 0 fully saturated rings. The lowest BCUT2D eigenvalue weighted by Gasteiger charge is -2.41. The Hall–Kier alpha value is -3.91. The number of benzene rings is 3. The Morgan fingerprint density at radius 2 is 1.85 bits per heavy atom. The topological polar surface area (TPSA) is 89.0 Å². The summed E-state index contributed by atoms with van der Waals surface area (Å²) in [6, 6.07) is 17.1. The first-order chi connectivity index (χ1) is 16.1. The van der Waals surface area contributed by atoms with Crippen molar-refractivity contribution in [3.63, 3.8) is 0 Å². The minimum absolute atomic E-state index is 0.252. The third-order valence-electron chi connectivity index (χ3n) is 6.10. The Kier molecular flexibility index (Phi) is 4.55. The van der Waals surface area contributed by atoms with Crippen LogP contribution in [-0.2, 0) is 4.79 Å². The highest BCUT2D eigenvalue weighted by Gasteiger charge is 2.45. The van der Waals surface area contributed by atoms with Crippen LogP contribution >= 0.6 is 11.3 Å². The van der Waals surface area contributed by atoms with Gasteiger partial charge in [-0.05, 0) is 47.5 Å². The Bertz CT molecular complexity index is 1410. The van der Waals surface area contributed by atoms with Crippen molar-refractivity contribution < 1.29 is 24.2 Å². The molecule has 0 radical (unpaired) electrons. The first kappa shape index (κ1) is 19.8. The molecule has 1 amide bonds. The molecular formula is C25H18N2O5S. The summed E-state index contributed by atoms with van der Waals surface area (Å²) in [6.45, 7) is 0.870. The molecule has 0 saturated heterocycles. The van der Waals surface area contributed by atoms with E-state index in [1.54, 1.807) is 46.8 Å². The molecule has 164 valence electrons. The van der Waals surface area contributed by atoms with Crippen molar-refractivity contribution in [1.29, 1.82) is 0 Å². The molecule has 0 bridgehead atoms. The number of fused-ring (bicyclic) bond motifs is 3. The van der Waals surface area contributed by atoms with Crippen LogP contribution in [0.2, 0.25) is 0 Å². The van der Waals surface area contributed by atoms with E-state index in [1.165, 1.54) is 11.3 Å². The van der Waals surface area contributed by atoms with E-state index in [2.05, 4.69) is 4.98 Å². The molecular weight excluding hydrogens is 440 g/mol. The van der Waals surface area contributed by atoms with Crippen LogP contribution in [0.4, 0.5) is 5.69 Å². The lowest BCUT2D eigenvalue weighted by atomic mass is 9.79. The molecule has 4 aromatic rings. The Morgan fingerprint density at radius 3 is 2.70 bits per heavy atom. The van der Waals surface area contributed by atoms with Crippen LogP contribution in [0.1, 0.15) is 33.4 Å². The van der Waals surface area contributed by atoms with E-state index < -0.39 is 17.9 Å². The van der Waals surface area contributed by atoms with Gasteiger partial charge in [-0.15, -0.1) is 11.3 Å². The van der Waals surface area contributed by atoms with Gasteiger partial charge in [-0.2, -0.15) is 0 Å². The maximum atomic E-state index is 13.8. The molecule has 8 heteroatoms. The molecule has 3 aromatic carbocycles. The van der Waals surface area contributed by atoms with Crippen LogP contribution < -0.4 is 14.4 Å². The fourth-order valence-electron chi connectivity index (χ4n) is 4.67. The SMILES string of the molecule is O=C(O)[C@@H]1c2ccccc2C(=O)N(c2ccc3scnc3c2)[C@H]1c1ccc2c(c1)OCCO2. The van der Waals surface area contributed by atoms with Crippen molar-refractivity contribution in [3.8, 4) is 11.5 Å². The molecule has 0 spiro atoms. The van der Waals surface area contributed by atoms with E-state index in [0.717, 1.165) is 10.2 Å². The number of carboxylic acids is 1. The number of rotatable bonds is 3. The normalized spacial score (nSPS) is 19.4. The van der Waals surface area contributed by atoms with E-state index >= 15 is 0 Å². The van der Waals surface area contributed by atoms with Gasteiger partial charge in [-0.25, -0.2) is 4.98 Å². The fraction of sp³-hybridized carbons (Fsp3) is 0.160. The van der Waals surface area contributed by atoms with Crippen molar-refractivity contribution in [2.24, 2.45) is 0 Å². The average molecular weight is 458 g/mol. The second kappa shape index (κ2) is 7.60. The van der Waals surface area contributed by atoms with E-state index in [-0.39, 0.29) is 5.91 Å². The number of anilines is 1. The largest absolute Gasteiger partial charge is 0.486 e. The van der Waals surface area contributed by atoms with Crippen LogP contribution in [0.25, 0.3) is 10.2 Å². The second-order valence-corrected chi connectivity index (χ2v) is 8.82. The van der Waals surface area contributed by atoms with Crippen LogP contribution in [0, 0.1) is 0 Å². The zero-order valence-corrected chi connectivity index (χ0v) is 18.1. The number of aliphatic carboxylic acids is 1. The lowest BCUT2D eigenvalue weighted by Crippen LogP contribution is -2.45. The van der Waals surface area contributed by atoms with Crippen LogP contribution in [-0.4, -0.2) is 35.2 Å². The molecule has 2 atom stereocenters. The zero-order chi connectivity index (χ0) is 22.5. The lowest BCUT2D eigenvalue weighted by molar-refractivity contribution is -0.139. The summed E-state index contributed by atoms with van der Waals surface area (Å²) in [5, 5.41) is 10.3. The van der Waals surface area contributed by atoms with Gasteiger partial charge in [0, 0.05) is 11.3 Å². The van der Waals surface area contributed by atoms with Gasteiger partial charge in [0.05, 0.1) is 21.8 Å². The molecule has 3 heterocycles. The van der Waals surface area contributed by atoms with Gasteiger partial charge < -0.3 is 14.6 Å². The quantitative estimate of drug-likeness (QED) is 0.481. The number of carbonyl (C=O) groups excluding carboxylic acids is 1. The third kappa shape index (κ3) is 3.14. The summed E-state index contributed by atoms with van der Waals surface area (Å²) >= 11 is 1.51. The third-order valence-corrected chi connectivity index (χ3v) is 6.91. The first-order valence-corrected chi connectivity index (χ1v) is 11.4. The maximum absolute atomic E-state index is 13.8. The molecule has 1 N–H and O–H groups in total. The number of thiazole rings is 1. The highest BCUT2D eigenvalue weighted by molar-refractivity contribution is 7.16. The highest BCUT2D eigenvalue weighted by atomic mass is 32.1. The number of ether oxygens (including phenoxy) is 2. The number of nitrogens with zero attached hydrogens (tertiary/aromatic N) is 2. The molecule has 2 aliphatic rings. The summed E-state index contributed by atoms with van der Waals surface area (Å²) < 4.78 is 12.4. The molecule has 2 aliphatic heterocycles. The molecule has 1 aromatic heterocycles. The van der Waals surface area contributed by atoms with E-state index in [0.29, 0.717) is 47.1 Å². The Balaban J connectivity index is 1.59. The average Bonchev–Trinajstić information content (AvgIpc) is 3.31. The van der Waals surface area contributed by atoms with E-state index in [1.807, 2.05) is 24.3 Å². The van der Waals surface area contributed by atoms with Gasteiger partial charge in [0.1, 0.15) is 19.1 Å². The number of amides is 1. The number of hydrogen-bond acceptors (Lipinski definition) is 6. The summed E-state index contributed by atoms with van der Waals surface area (Å²) in [5.74, 6) is -1.07. The van der Waals surface area contributed by atoms with Gasteiger partial charge in [0.25, 0.3) is 5.91 Å². The van der Waals surface area contributed by atoms with Crippen LogP contribution in [0.3, 0.4) is 0 Å². The minimum atomic E-state index is -1.01. The standard InChI is InChI=1S/C25H18N2O5S/c28-24-17-4-2-1-3-16(17)22(25(29)30)23(14-5-7-19-20(11-14)32-10-9-31-19)27(24)15-6-8-21-18(12-15)26-13-33-21/h1-8,11-13,22-23H,9-10H2,(H,29,30)/t22-,23+/m1/s1. The van der Waals surface area contributed by atoms with Crippen molar-refractivity contribution in [1.82, 2.24) is 4.98 Å². The maximum Gasteiger partial charge on any atom is 0.313 e. The van der Waals surface area contributed by atoms with Gasteiger partial charge in [0.2, 0.25) is 0 Å². The first-order valence-electron chi connectivity index (χ1n) is 10.5. The van der Waals surface area contributed by atoms with Crippen molar-refractivity contribution in [2.75, 3.05) is 18.1 Å². The number of aromatic nitrogens is 1. The molecule has 6 rings (SSSR count). The predicted octanol–water partition coefficient (Wildman–Crippen LogP) is 4.64. The number of hydrogen-bond donors (Lipinski definition) is 1. The van der Waals surface area contributed by atoms with Crippen LogP contribution in [0.5, 0.6) is 11.5 Å². The molecule has 7 nitrogen and oxygen atoms in total. The van der Waals surface area contributed by atoms with Gasteiger partial charge >= 0.3 is 5.97 Å². The molecule has 0 saturated carbocycles. The van der Waals surface area contributed by atoms with Gasteiger partial charge in [0.15, 0.2) is 11.5 Å². The second-order valence-electron chi connectivity index (χ2n) is 7.93. The van der Waals surface area contributed by atoms with E-state index in [4.69, 9.17) is 9.47 Å². The fourth-order valence-corrected chi connectivity index (χ4v) is 5.32. The smallest absolute Gasteiger partial charge is 0.313 e. The van der Waals surface area contributed by atoms with Crippen molar-refractivity contribution >= 4 is 39.1 Å². The summed E-state index contributed by atoms with van der Waals surface area (Å²) in [5.41, 5.74) is 4.65. The molecule has 33 heavy (non-hydrogen) atoms. The Labute approximate surface area is 192 Å². The molecule has 0 unspecified atom stereocenters. The monoisotopic (exact) mass is 458 g/mol. The Morgan fingerprint density at radius 1 is 1.03 bits per heavy atom. The number of carboxylic acid groups (broad SMARTS) is 1. The van der Waals surface area contributed by atoms with Gasteiger partial charge in [-0.1, -0.05) is 24.3 Å². The number of carbonyl (C=O) groups is 2. The van der Waals surface area contributed by atoms with E-state index in [9.17, 15) is 14.7 Å². The summed E-state index contributed by atoms with van der Waals surface area (Å²) in [7, 11) is 0. The predicted molar refractivity (Wildman–Crippen MR) is 123 cm³/mol. The van der Waals surface area contributed by atoms with Gasteiger partial charge in [-0.3, -0.25) is 14.5 Å². The van der Waals surface area contributed by atoms with Crippen LogP contribution in [0.15, 0.2) is 66.2 Å². The highest BCUT2D eigenvalue weighted by Crippen LogP contribution is 2.47. The van der Waals surface area contributed by atoms with Crippen molar-refractivity contribution in [2.45, 2.75) is 12.0 Å². The minimum Gasteiger partial charge on any atom is -0.486 e. The summed E-state index contributed by atoms with van der Waals surface area (Å²) in [4.78, 5) is 32.4. The zero-order valence-electron chi connectivity index (χ0n) is 17.3. The van der Waals surface area contributed by atoms with Crippen molar-refractivity contribution in [3.05, 3.63) is 82.9 Å².